The first-order chi connectivity index (χ1) is 6.66. The minimum absolute atomic E-state index is 0.00644. The lowest BCUT2D eigenvalue weighted by molar-refractivity contribution is -0.129. The van der Waals surface area contributed by atoms with Gasteiger partial charge in [-0.25, -0.2) is 0 Å². The summed E-state index contributed by atoms with van der Waals surface area (Å²) in [5, 5.41) is 0. The lowest BCUT2D eigenvalue weighted by atomic mass is 9.75. The molecule has 2 atom stereocenters. The van der Waals surface area contributed by atoms with Gasteiger partial charge >= 0.3 is 0 Å². The first-order valence-corrected chi connectivity index (χ1v) is 6.73. The normalized spacial score (nSPS) is 41.1. The van der Waals surface area contributed by atoms with E-state index in [1.54, 1.807) is 0 Å². The van der Waals surface area contributed by atoms with E-state index < -0.39 is 0 Å². The van der Waals surface area contributed by atoms with E-state index in [1.807, 2.05) is 0 Å². The van der Waals surface area contributed by atoms with E-state index in [-0.39, 0.29) is 5.41 Å². The van der Waals surface area contributed by atoms with Gasteiger partial charge in [0.05, 0.1) is 0 Å². The quantitative estimate of drug-likeness (QED) is 0.621. The average molecular weight is 304 g/mol. The van der Waals surface area contributed by atoms with Crippen LogP contribution in [0.2, 0.25) is 0 Å². The monoisotopic (exact) mass is 304 g/mol. The Balaban J connectivity index is 2.27. The van der Waals surface area contributed by atoms with Crippen LogP contribution < -0.4 is 0 Å². The van der Waals surface area contributed by atoms with Gasteiger partial charge in [0.15, 0.2) is 0 Å². The van der Waals surface area contributed by atoms with E-state index >= 15 is 0 Å². The highest BCUT2D eigenvalue weighted by Crippen LogP contribution is 2.51. The number of hydrogen-bond acceptors (Lipinski definition) is 1. The third kappa shape index (κ3) is 1.66. The van der Waals surface area contributed by atoms with Crippen LogP contribution in [0.15, 0.2) is 9.66 Å². The van der Waals surface area contributed by atoms with Gasteiger partial charge in [0, 0.05) is 11.8 Å². The second kappa shape index (κ2) is 3.95. The van der Waals surface area contributed by atoms with E-state index in [0.29, 0.717) is 11.7 Å². The Bertz CT molecular complexity index is 282. The van der Waals surface area contributed by atoms with Gasteiger partial charge in [-0.05, 0) is 35.7 Å². The molecular formula is C12H17IO. The Kier molecular flexibility index (Phi) is 3.01. The molecule has 0 unspecified atom stereocenters. The number of allylic oxidation sites excluding steroid dienone is 1. The smallest absolute Gasteiger partial charge is 0.139 e. The molecule has 2 aliphatic rings. The maximum absolute atomic E-state index is 12.0. The van der Waals surface area contributed by atoms with Crippen LogP contribution in [-0.2, 0) is 4.79 Å². The largest absolute Gasteiger partial charge is 0.299 e. The van der Waals surface area contributed by atoms with Gasteiger partial charge in [-0.1, -0.05) is 41.5 Å². The van der Waals surface area contributed by atoms with Crippen molar-refractivity contribution in [3.63, 3.8) is 0 Å². The molecule has 2 saturated carbocycles. The van der Waals surface area contributed by atoms with Crippen molar-refractivity contribution in [3.05, 3.63) is 9.66 Å². The number of rotatable bonds is 0. The zero-order chi connectivity index (χ0) is 10.2. The van der Waals surface area contributed by atoms with Crippen LogP contribution in [0, 0.1) is 11.3 Å². The van der Waals surface area contributed by atoms with Crippen LogP contribution in [-0.4, -0.2) is 5.78 Å². The van der Waals surface area contributed by atoms with E-state index in [1.165, 1.54) is 24.8 Å². The summed E-state index contributed by atoms with van der Waals surface area (Å²) in [6.07, 6.45) is 6.65. The predicted octanol–water partition coefficient (Wildman–Crippen LogP) is 3.86. The molecule has 0 aromatic carbocycles. The van der Waals surface area contributed by atoms with E-state index in [4.69, 9.17) is 0 Å². The maximum Gasteiger partial charge on any atom is 0.139 e. The minimum Gasteiger partial charge on any atom is -0.299 e. The van der Waals surface area contributed by atoms with Crippen molar-refractivity contribution in [2.24, 2.45) is 11.3 Å². The fraction of sp³-hybridized carbons (Fsp3) is 0.750. The third-order valence-electron chi connectivity index (χ3n) is 4.00. The second-order valence-electron chi connectivity index (χ2n) is 4.93. The van der Waals surface area contributed by atoms with Gasteiger partial charge in [0.2, 0.25) is 0 Å². The standard InChI is InChI=1S/C12H17IO/c1-12-7-9(8-13)6-10(12)4-2-3-5-11(12)14/h8,10H,2-7H2,1H3/b9-8+/t10-,12+/m1/s1. The Morgan fingerprint density at radius 1 is 1.50 bits per heavy atom. The summed E-state index contributed by atoms with van der Waals surface area (Å²) < 4.78 is 2.19. The summed E-state index contributed by atoms with van der Waals surface area (Å²) in [6.45, 7) is 2.19. The molecule has 0 saturated heterocycles. The van der Waals surface area contributed by atoms with E-state index in [9.17, 15) is 4.79 Å². The molecule has 2 fully saturated rings. The predicted molar refractivity (Wildman–Crippen MR) is 66.4 cm³/mol. The summed E-state index contributed by atoms with van der Waals surface area (Å²) in [5.41, 5.74) is 1.49. The number of hydrogen-bond donors (Lipinski definition) is 0. The Hall–Kier alpha value is 0.140. The van der Waals surface area contributed by atoms with Gasteiger partial charge in [-0.15, -0.1) is 0 Å². The number of ketones is 1. The van der Waals surface area contributed by atoms with Crippen molar-refractivity contribution >= 4 is 28.4 Å². The van der Waals surface area contributed by atoms with Crippen LogP contribution >= 0.6 is 22.6 Å². The Morgan fingerprint density at radius 2 is 2.29 bits per heavy atom. The average Bonchev–Trinajstić information content (AvgIpc) is 2.45. The molecule has 0 heterocycles. The lowest BCUT2D eigenvalue weighted by Crippen LogP contribution is -2.29. The zero-order valence-electron chi connectivity index (χ0n) is 8.68. The van der Waals surface area contributed by atoms with Crippen molar-refractivity contribution in [1.29, 1.82) is 0 Å². The summed E-state index contributed by atoms with van der Waals surface area (Å²) in [6, 6.07) is 0. The summed E-state index contributed by atoms with van der Waals surface area (Å²) >= 11 is 2.31. The SMILES string of the molecule is C[C@]12C/C(=C/I)C[C@H]1CCCCC2=O. The van der Waals surface area contributed by atoms with Crippen LogP contribution in [0.25, 0.3) is 0 Å². The molecule has 0 aromatic heterocycles. The molecule has 0 aliphatic heterocycles. The number of carbonyl (C=O) groups is 1. The van der Waals surface area contributed by atoms with Crippen LogP contribution in [0.5, 0.6) is 0 Å². The van der Waals surface area contributed by atoms with Crippen molar-refractivity contribution in [1.82, 2.24) is 0 Å². The molecule has 0 amide bonds. The highest BCUT2D eigenvalue weighted by Gasteiger charge is 2.46. The summed E-state index contributed by atoms with van der Waals surface area (Å²) in [4.78, 5) is 12.0. The number of carbonyl (C=O) groups excluding carboxylic acids is 1. The highest BCUT2D eigenvalue weighted by atomic mass is 127. The molecule has 0 bridgehead atoms. The van der Waals surface area contributed by atoms with Crippen LogP contribution in [0.4, 0.5) is 0 Å². The van der Waals surface area contributed by atoms with Crippen molar-refractivity contribution in [2.75, 3.05) is 0 Å². The second-order valence-corrected chi connectivity index (χ2v) is 5.55. The fourth-order valence-corrected chi connectivity index (χ4v) is 3.50. The fourth-order valence-electron chi connectivity index (χ4n) is 3.02. The highest BCUT2D eigenvalue weighted by molar-refractivity contribution is 14.1. The van der Waals surface area contributed by atoms with Crippen molar-refractivity contribution < 1.29 is 4.79 Å². The molecule has 0 N–H and O–H groups in total. The molecule has 2 aliphatic carbocycles. The van der Waals surface area contributed by atoms with Crippen molar-refractivity contribution in [2.45, 2.75) is 45.4 Å². The zero-order valence-corrected chi connectivity index (χ0v) is 10.8. The van der Waals surface area contributed by atoms with Crippen LogP contribution in [0.3, 0.4) is 0 Å². The van der Waals surface area contributed by atoms with Gasteiger partial charge in [-0.2, -0.15) is 0 Å². The molecule has 0 radical (unpaired) electrons. The van der Waals surface area contributed by atoms with Crippen LogP contribution in [0.1, 0.15) is 45.4 Å². The number of halogens is 1. The van der Waals surface area contributed by atoms with Crippen molar-refractivity contribution in [3.8, 4) is 0 Å². The summed E-state index contributed by atoms with van der Waals surface area (Å²) in [7, 11) is 0. The summed E-state index contributed by atoms with van der Waals surface area (Å²) in [5.74, 6) is 1.16. The molecule has 0 spiro atoms. The Morgan fingerprint density at radius 3 is 3.00 bits per heavy atom. The van der Waals surface area contributed by atoms with E-state index in [0.717, 1.165) is 19.3 Å². The first kappa shape index (κ1) is 10.7. The molecular weight excluding hydrogens is 287 g/mol. The number of fused-ring (bicyclic) bond motifs is 1. The minimum atomic E-state index is -0.00644. The van der Waals surface area contributed by atoms with Gasteiger partial charge < -0.3 is 0 Å². The molecule has 2 rings (SSSR count). The lowest BCUT2D eigenvalue weighted by Gasteiger charge is -2.27. The molecule has 14 heavy (non-hydrogen) atoms. The van der Waals surface area contributed by atoms with E-state index in [2.05, 4.69) is 33.6 Å². The molecule has 0 aromatic rings. The molecule has 2 heteroatoms. The van der Waals surface area contributed by atoms with Gasteiger partial charge in [-0.3, -0.25) is 4.79 Å². The molecule has 78 valence electrons. The molecule has 1 nitrogen and oxygen atoms in total. The maximum atomic E-state index is 12.0. The number of Topliss-reactive ketones (excluding diaryl/α,β-unsaturated/α-hetero) is 1. The third-order valence-corrected chi connectivity index (χ3v) is 4.88. The first-order valence-electron chi connectivity index (χ1n) is 5.48. The Labute approximate surface area is 99.5 Å². The van der Waals surface area contributed by atoms with Gasteiger partial charge in [0.1, 0.15) is 5.78 Å². The topological polar surface area (TPSA) is 17.1 Å². The van der Waals surface area contributed by atoms with Gasteiger partial charge in [0.25, 0.3) is 0 Å².